The Morgan fingerprint density at radius 1 is 0.806 bits per heavy atom. The van der Waals surface area contributed by atoms with Gasteiger partial charge in [0, 0.05) is 0 Å². The molecule has 0 N–H and O–H groups in total. The predicted molar refractivity (Wildman–Crippen MR) is 135 cm³/mol. The van der Waals surface area contributed by atoms with Crippen LogP contribution in [0.15, 0.2) is 53.6 Å². The third kappa shape index (κ3) is 14.5. The Hall–Kier alpha value is -1.15. The fraction of sp³-hybridized carbons (Fsp3) is 0.630. The zero-order valence-electron chi connectivity index (χ0n) is 20.7. The van der Waals surface area contributed by atoms with Crippen LogP contribution in [0, 0.1) is 11.8 Å². The molecule has 2 atom stereocenters. The molecule has 4 heteroatoms. The third-order valence-electron chi connectivity index (χ3n) is 5.44. The van der Waals surface area contributed by atoms with Crippen LogP contribution < -0.4 is 0 Å². The van der Waals surface area contributed by atoms with Crippen LogP contribution in [0.2, 0.25) is 0 Å². The van der Waals surface area contributed by atoms with Gasteiger partial charge in [0.2, 0.25) is 0 Å². The summed E-state index contributed by atoms with van der Waals surface area (Å²) in [5.41, 5.74) is 3.72. The largest absolute Gasteiger partial charge is 0.335 e. The molecule has 0 spiro atoms. The molecular weight excluding hydrogens is 403 g/mol. The summed E-state index contributed by atoms with van der Waals surface area (Å²) in [6, 6.07) is 9.89. The molecule has 0 amide bonds. The Labute approximate surface area is 191 Å². The molecule has 0 bridgehead atoms. The van der Waals surface area contributed by atoms with Crippen molar-refractivity contribution in [3.8, 4) is 0 Å². The monoisotopic (exact) mass is 448 g/mol. The van der Waals surface area contributed by atoms with Crippen molar-refractivity contribution in [2.45, 2.75) is 86.2 Å². The maximum Gasteiger partial charge on any atom is 0.335 e. The van der Waals surface area contributed by atoms with Crippen molar-refractivity contribution < 1.29 is 13.6 Å². The van der Waals surface area contributed by atoms with Gasteiger partial charge in [-0.25, -0.2) is 0 Å². The maximum atomic E-state index is 13.5. The van der Waals surface area contributed by atoms with Crippen LogP contribution in [0.25, 0.3) is 0 Å². The van der Waals surface area contributed by atoms with Gasteiger partial charge in [-0.1, -0.05) is 67.5 Å². The molecule has 0 heterocycles. The first-order valence-corrected chi connectivity index (χ1v) is 13.6. The van der Waals surface area contributed by atoms with Gasteiger partial charge in [0.05, 0.1) is 19.4 Å². The van der Waals surface area contributed by atoms with E-state index in [1.54, 1.807) is 0 Å². The van der Waals surface area contributed by atoms with E-state index in [1.165, 1.54) is 11.1 Å². The fourth-order valence-electron chi connectivity index (χ4n) is 3.32. The van der Waals surface area contributed by atoms with E-state index in [0.717, 1.165) is 44.1 Å². The van der Waals surface area contributed by atoms with Crippen molar-refractivity contribution >= 4 is 7.60 Å². The van der Waals surface area contributed by atoms with E-state index in [2.05, 4.69) is 53.7 Å². The average Bonchev–Trinajstić information content (AvgIpc) is 2.68. The lowest BCUT2D eigenvalue weighted by Gasteiger charge is -2.21. The first-order valence-electron chi connectivity index (χ1n) is 11.9. The second-order valence-electron chi connectivity index (χ2n) is 9.43. The highest BCUT2D eigenvalue weighted by Crippen LogP contribution is 2.52. The summed E-state index contributed by atoms with van der Waals surface area (Å²) in [5.74, 6) is 1.08. The van der Waals surface area contributed by atoms with E-state index < -0.39 is 7.60 Å². The van der Waals surface area contributed by atoms with Crippen LogP contribution in [0.1, 0.15) is 85.6 Å². The highest BCUT2D eigenvalue weighted by Gasteiger charge is 2.25. The standard InChI is InChI=1S/C27H45O3P/c1-23(2)12-10-14-25(5)18-20-29-31(28,22-27-16-8-7-9-17-27)30-21-19-26(6)15-11-13-24(3)4/h7-9,12-13,16-17,25-26H,10-11,14-15,18-22H2,1-6H3/t25-,26-/m0/s1. The number of benzene rings is 1. The first kappa shape index (κ1) is 27.9. The lowest BCUT2D eigenvalue weighted by Crippen LogP contribution is -2.07. The van der Waals surface area contributed by atoms with Gasteiger partial charge in [-0.2, -0.15) is 0 Å². The van der Waals surface area contributed by atoms with E-state index in [1.807, 2.05) is 30.3 Å². The summed E-state index contributed by atoms with van der Waals surface area (Å²) in [6.07, 6.45) is 11.1. The van der Waals surface area contributed by atoms with Crippen molar-refractivity contribution in [1.82, 2.24) is 0 Å². The predicted octanol–water partition coefficient (Wildman–Crippen LogP) is 8.96. The van der Waals surface area contributed by atoms with E-state index in [0.29, 0.717) is 31.2 Å². The topological polar surface area (TPSA) is 35.5 Å². The van der Waals surface area contributed by atoms with Gasteiger partial charge in [0.15, 0.2) is 0 Å². The molecule has 0 aliphatic carbocycles. The second-order valence-corrected chi connectivity index (χ2v) is 11.5. The fourth-order valence-corrected chi connectivity index (χ4v) is 5.01. The zero-order valence-corrected chi connectivity index (χ0v) is 21.6. The third-order valence-corrected chi connectivity index (χ3v) is 7.34. The van der Waals surface area contributed by atoms with E-state index >= 15 is 0 Å². The van der Waals surface area contributed by atoms with Crippen molar-refractivity contribution in [1.29, 1.82) is 0 Å². The normalized spacial score (nSPS) is 13.5. The smallest absolute Gasteiger partial charge is 0.308 e. The summed E-state index contributed by atoms with van der Waals surface area (Å²) < 4.78 is 25.4. The van der Waals surface area contributed by atoms with Gasteiger partial charge in [-0.05, 0) is 83.6 Å². The highest BCUT2D eigenvalue weighted by molar-refractivity contribution is 7.53. The number of hydrogen-bond acceptors (Lipinski definition) is 3. The Morgan fingerprint density at radius 3 is 1.68 bits per heavy atom. The van der Waals surface area contributed by atoms with Crippen LogP contribution in [-0.4, -0.2) is 13.2 Å². The summed E-state index contributed by atoms with van der Waals surface area (Å²) in [5, 5.41) is 0. The molecule has 176 valence electrons. The molecule has 0 aliphatic rings. The van der Waals surface area contributed by atoms with E-state index in [-0.39, 0.29) is 0 Å². The highest BCUT2D eigenvalue weighted by atomic mass is 31.2. The van der Waals surface area contributed by atoms with Gasteiger partial charge < -0.3 is 9.05 Å². The first-order chi connectivity index (χ1) is 14.7. The summed E-state index contributed by atoms with van der Waals surface area (Å²) in [4.78, 5) is 0. The molecule has 1 aromatic carbocycles. The molecule has 0 aliphatic heterocycles. The Bertz CT molecular complexity index is 662. The number of rotatable bonds is 16. The Kier molecular flexibility index (Phi) is 14.0. The van der Waals surface area contributed by atoms with Gasteiger partial charge in [-0.3, -0.25) is 4.57 Å². The molecule has 1 rings (SSSR count). The molecule has 0 saturated carbocycles. The van der Waals surface area contributed by atoms with E-state index in [4.69, 9.17) is 9.05 Å². The number of allylic oxidation sites excluding steroid dienone is 4. The van der Waals surface area contributed by atoms with E-state index in [9.17, 15) is 4.57 Å². The van der Waals surface area contributed by atoms with Crippen LogP contribution in [0.3, 0.4) is 0 Å². The lowest BCUT2D eigenvalue weighted by atomic mass is 10.0. The molecule has 0 unspecified atom stereocenters. The minimum absolute atomic E-state index is 0.339. The van der Waals surface area contributed by atoms with Gasteiger partial charge in [-0.15, -0.1) is 0 Å². The van der Waals surface area contributed by atoms with Gasteiger partial charge in [0.25, 0.3) is 0 Å². The van der Waals surface area contributed by atoms with Crippen LogP contribution >= 0.6 is 7.60 Å². The summed E-state index contributed by atoms with van der Waals surface area (Å²) >= 11 is 0. The van der Waals surface area contributed by atoms with Crippen LogP contribution in [0.4, 0.5) is 0 Å². The molecule has 31 heavy (non-hydrogen) atoms. The lowest BCUT2D eigenvalue weighted by molar-refractivity contribution is 0.184. The summed E-state index contributed by atoms with van der Waals surface area (Å²) in [6.45, 7) is 14.0. The van der Waals surface area contributed by atoms with Crippen molar-refractivity contribution in [3.05, 3.63) is 59.2 Å². The molecule has 0 fully saturated rings. The molecular formula is C27H45O3P. The molecule has 1 aromatic rings. The maximum absolute atomic E-state index is 13.5. The number of hydrogen-bond donors (Lipinski definition) is 0. The minimum atomic E-state index is -3.16. The van der Waals surface area contributed by atoms with Crippen LogP contribution in [0.5, 0.6) is 0 Å². The van der Waals surface area contributed by atoms with Crippen molar-refractivity contribution in [3.63, 3.8) is 0 Å². The molecule has 0 saturated heterocycles. The molecule has 0 radical (unpaired) electrons. The molecule has 3 nitrogen and oxygen atoms in total. The van der Waals surface area contributed by atoms with Gasteiger partial charge >= 0.3 is 7.60 Å². The Balaban J connectivity index is 2.54. The minimum Gasteiger partial charge on any atom is -0.308 e. The summed E-state index contributed by atoms with van der Waals surface area (Å²) in [7, 11) is -3.16. The van der Waals surface area contributed by atoms with Crippen LogP contribution in [-0.2, 0) is 19.8 Å². The second kappa shape index (κ2) is 15.6. The van der Waals surface area contributed by atoms with Crippen molar-refractivity contribution in [2.75, 3.05) is 13.2 Å². The SMILES string of the molecule is CC(C)=CCC[C@H](C)CCOP(=O)(Cc1ccccc1)OCC[C@@H](C)CCC=C(C)C. The Morgan fingerprint density at radius 2 is 1.26 bits per heavy atom. The van der Waals surface area contributed by atoms with Gasteiger partial charge in [0.1, 0.15) is 0 Å². The zero-order chi connectivity index (χ0) is 23.1. The molecule has 0 aromatic heterocycles. The quantitative estimate of drug-likeness (QED) is 0.187. The van der Waals surface area contributed by atoms with Crippen molar-refractivity contribution in [2.24, 2.45) is 11.8 Å². The average molecular weight is 449 g/mol.